The maximum absolute atomic E-state index is 5.43. The van der Waals surface area contributed by atoms with Gasteiger partial charge in [0.1, 0.15) is 6.10 Å². The summed E-state index contributed by atoms with van der Waals surface area (Å²) in [5, 5.41) is 0. The van der Waals surface area contributed by atoms with Crippen molar-refractivity contribution >= 4 is 0 Å². The van der Waals surface area contributed by atoms with Crippen LogP contribution in [0.5, 0.6) is 0 Å². The van der Waals surface area contributed by atoms with E-state index in [-0.39, 0.29) is 0 Å². The molecule has 0 bridgehead atoms. The van der Waals surface area contributed by atoms with Gasteiger partial charge in [0.2, 0.25) is 0 Å². The van der Waals surface area contributed by atoms with E-state index in [2.05, 4.69) is 6.58 Å². The Morgan fingerprint density at radius 2 is 1.80 bits per heavy atom. The molecular formula is C12H22O3. The molecule has 0 radical (unpaired) electrons. The molecule has 15 heavy (non-hydrogen) atoms. The maximum atomic E-state index is 5.43. The van der Waals surface area contributed by atoms with E-state index in [9.17, 15) is 0 Å². The van der Waals surface area contributed by atoms with Crippen LogP contribution in [0.3, 0.4) is 0 Å². The number of hydrogen-bond donors (Lipinski definition) is 0. The van der Waals surface area contributed by atoms with Gasteiger partial charge in [-0.05, 0) is 12.8 Å². The van der Waals surface area contributed by atoms with Gasteiger partial charge in [0, 0.05) is 13.2 Å². The van der Waals surface area contributed by atoms with Gasteiger partial charge in [-0.1, -0.05) is 18.9 Å². The molecule has 88 valence electrons. The highest BCUT2D eigenvalue weighted by Crippen LogP contribution is 2.09. The van der Waals surface area contributed by atoms with Crippen LogP contribution in [0, 0.1) is 0 Å². The topological polar surface area (TPSA) is 31.0 Å². The van der Waals surface area contributed by atoms with Crippen molar-refractivity contribution in [2.75, 3.05) is 33.0 Å². The molecule has 1 heterocycles. The third kappa shape index (κ3) is 8.60. The van der Waals surface area contributed by atoms with E-state index in [1.165, 1.54) is 12.8 Å². The molecule has 1 atom stereocenters. The molecule has 0 aromatic rings. The van der Waals surface area contributed by atoms with Crippen molar-refractivity contribution in [1.82, 2.24) is 0 Å². The second-order valence-electron chi connectivity index (χ2n) is 3.81. The van der Waals surface area contributed by atoms with Crippen LogP contribution in [-0.4, -0.2) is 39.1 Å². The van der Waals surface area contributed by atoms with Crippen LogP contribution < -0.4 is 0 Å². The minimum absolute atomic E-state index is 0.400. The molecule has 1 saturated heterocycles. The zero-order valence-electron chi connectivity index (χ0n) is 9.45. The summed E-state index contributed by atoms with van der Waals surface area (Å²) >= 11 is 0. The van der Waals surface area contributed by atoms with Gasteiger partial charge < -0.3 is 14.2 Å². The molecule has 0 aromatic heterocycles. The highest BCUT2D eigenvalue weighted by molar-refractivity contribution is 4.67. The van der Waals surface area contributed by atoms with Crippen molar-refractivity contribution in [1.29, 1.82) is 0 Å². The Bertz CT molecular complexity index is 155. The Labute approximate surface area is 92.4 Å². The van der Waals surface area contributed by atoms with E-state index >= 15 is 0 Å². The summed E-state index contributed by atoms with van der Waals surface area (Å²) in [4.78, 5) is 0. The van der Waals surface area contributed by atoms with E-state index < -0.39 is 0 Å². The maximum Gasteiger partial charge on any atom is 0.104 e. The second-order valence-corrected chi connectivity index (χ2v) is 3.81. The summed E-state index contributed by atoms with van der Waals surface area (Å²) in [7, 11) is 0. The fourth-order valence-electron chi connectivity index (χ4n) is 1.31. The highest BCUT2D eigenvalue weighted by atomic mass is 16.6. The standard InChI is InChI=1S/C12H22O3/c1-2-7-13-8-5-3-4-6-9-14-10-12-11-15-12/h2,12H,1,3-11H2. The van der Waals surface area contributed by atoms with Gasteiger partial charge in [-0.25, -0.2) is 0 Å². The van der Waals surface area contributed by atoms with Crippen molar-refractivity contribution in [3.63, 3.8) is 0 Å². The van der Waals surface area contributed by atoms with E-state index in [4.69, 9.17) is 14.2 Å². The van der Waals surface area contributed by atoms with Crippen molar-refractivity contribution < 1.29 is 14.2 Å². The third-order valence-electron chi connectivity index (χ3n) is 2.27. The lowest BCUT2D eigenvalue weighted by Gasteiger charge is -2.03. The second kappa shape index (κ2) is 8.89. The van der Waals surface area contributed by atoms with Gasteiger partial charge in [0.25, 0.3) is 0 Å². The molecule has 0 spiro atoms. The van der Waals surface area contributed by atoms with Gasteiger partial charge >= 0.3 is 0 Å². The predicted molar refractivity (Wildman–Crippen MR) is 60.0 cm³/mol. The molecule has 0 N–H and O–H groups in total. The Morgan fingerprint density at radius 1 is 1.13 bits per heavy atom. The van der Waals surface area contributed by atoms with Crippen LogP contribution in [0.1, 0.15) is 25.7 Å². The summed E-state index contributed by atoms with van der Waals surface area (Å²) in [5.41, 5.74) is 0. The molecule has 0 aliphatic carbocycles. The summed E-state index contributed by atoms with van der Waals surface area (Å²) in [6.45, 7) is 7.66. The number of ether oxygens (including phenoxy) is 3. The first-order valence-corrected chi connectivity index (χ1v) is 5.81. The van der Waals surface area contributed by atoms with Crippen molar-refractivity contribution in [3.05, 3.63) is 12.7 Å². The van der Waals surface area contributed by atoms with Crippen LogP contribution >= 0.6 is 0 Å². The Morgan fingerprint density at radius 3 is 2.40 bits per heavy atom. The van der Waals surface area contributed by atoms with Crippen LogP contribution in [0.2, 0.25) is 0 Å². The molecule has 3 nitrogen and oxygen atoms in total. The van der Waals surface area contributed by atoms with Gasteiger partial charge in [-0.2, -0.15) is 0 Å². The fraction of sp³-hybridized carbons (Fsp3) is 0.833. The average Bonchev–Trinajstić information content (AvgIpc) is 3.05. The zero-order chi connectivity index (χ0) is 10.8. The van der Waals surface area contributed by atoms with E-state index in [0.717, 1.165) is 39.3 Å². The molecule has 0 amide bonds. The molecule has 1 aliphatic heterocycles. The first-order valence-electron chi connectivity index (χ1n) is 5.81. The van der Waals surface area contributed by atoms with Gasteiger partial charge in [-0.15, -0.1) is 6.58 Å². The molecule has 1 aliphatic rings. The molecular weight excluding hydrogens is 192 g/mol. The van der Waals surface area contributed by atoms with E-state index in [0.29, 0.717) is 12.7 Å². The summed E-state index contributed by atoms with van der Waals surface area (Å²) in [5.74, 6) is 0. The summed E-state index contributed by atoms with van der Waals surface area (Å²) in [6.07, 6.45) is 6.92. The number of unbranched alkanes of at least 4 members (excludes halogenated alkanes) is 3. The lowest BCUT2D eigenvalue weighted by Crippen LogP contribution is -2.02. The van der Waals surface area contributed by atoms with Crippen molar-refractivity contribution in [3.8, 4) is 0 Å². The lowest BCUT2D eigenvalue weighted by molar-refractivity contribution is 0.111. The van der Waals surface area contributed by atoms with Gasteiger partial charge in [0.15, 0.2) is 0 Å². The Kier molecular flexibility index (Phi) is 7.52. The number of rotatable bonds is 11. The average molecular weight is 214 g/mol. The van der Waals surface area contributed by atoms with Gasteiger partial charge in [0.05, 0.1) is 19.8 Å². The molecule has 1 fully saturated rings. The minimum Gasteiger partial charge on any atom is -0.379 e. The number of hydrogen-bond acceptors (Lipinski definition) is 3. The highest BCUT2D eigenvalue weighted by Gasteiger charge is 2.21. The van der Waals surface area contributed by atoms with Gasteiger partial charge in [-0.3, -0.25) is 0 Å². The monoisotopic (exact) mass is 214 g/mol. The molecule has 3 heteroatoms. The van der Waals surface area contributed by atoms with E-state index in [1.807, 2.05) is 0 Å². The molecule has 1 unspecified atom stereocenters. The quantitative estimate of drug-likeness (QED) is 0.300. The zero-order valence-corrected chi connectivity index (χ0v) is 9.45. The first-order chi connectivity index (χ1) is 7.43. The van der Waals surface area contributed by atoms with Crippen LogP contribution in [0.4, 0.5) is 0 Å². The minimum atomic E-state index is 0.400. The molecule has 0 saturated carbocycles. The van der Waals surface area contributed by atoms with Crippen LogP contribution in [-0.2, 0) is 14.2 Å². The normalized spacial score (nSPS) is 19.1. The predicted octanol–water partition coefficient (Wildman–Crippen LogP) is 2.16. The largest absolute Gasteiger partial charge is 0.379 e. The fourth-order valence-corrected chi connectivity index (χ4v) is 1.31. The number of epoxide rings is 1. The lowest BCUT2D eigenvalue weighted by atomic mass is 10.2. The SMILES string of the molecule is C=CCOCCCCCCOCC1CO1. The van der Waals surface area contributed by atoms with Crippen LogP contribution in [0.25, 0.3) is 0 Å². The Balaban J connectivity index is 1.63. The molecule has 1 rings (SSSR count). The van der Waals surface area contributed by atoms with E-state index in [1.54, 1.807) is 6.08 Å². The van der Waals surface area contributed by atoms with Crippen molar-refractivity contribution in [2.24, 2.45) is 0 Å². The molecule has 0 aromatic carbocycles. The van der Waals surface area contributed by atoms with Crippen LogP contribution in [0.15, 0.2) is 12.7 Å². The Hall–Kier alpha value is -0.380. The summed E-state index contributed by atoms with van der Waals surface area (Å²) in [6, 6.07) is 0. The first kappa shape index (κ1) is 12.7. The smallest absolute Gasteiger partial charge is 0.104 e. The third-order valence-corrected chi connectivity index (χ3v) is 2.27. The van der Waals surface area contributed by atoms with Crippen molar-refractivity contribution in [2.45, 2.75) is 31.8 Å². The summed E-state index contributed by atoms with van der Waals surface area (Å²) < 4.78 is 15.8.